The molecule has 2 heteroatoms. The van der Waals surface area contributed by atoms with E-state index in [1.807, 2.05) is 43.3 Å². The molecule has 0 bridgehead atoms. The van der Waals surface area contributed by atoms with Gasteiger partial charge in [-0.1, -0.05) is 50.2 Å². The summed E-state index contributed by atoms with van der Waals surface area (Å²) in [6, 6.07) is 14.7. The van der Waals surface area contributed by atoms with E-state index < -0.39 is 0 Å². The highest BCUT2D eigenvalue weighted by Gasteiger charge is 2.01. The second-order valence-electron chi connectivity index (χ2n) is 4.50. The predicted molar refractivity (Wildman–Crippen MR) is 75.0 cm³/mol. The minimum atomic E-state index is 0.368. The van der Waals surface area contributed by atoms with E-state index >= 15 is 0 Å². The van der Waals surface area contributed by atoms with Crippen molar-refractivity contribution in [1.82, 2.24) is 0 Å². The summed E-state index contributed by atoms with van der Waals surface area (Å²) in [6.45, 7) is 6.00. The third kappa shape index (κ3) is 4.13. The summed E-state index contributed by atoms with van der Waals surface area (Å²) in [7, 11) is 0. The van der Waals surface area contributed by atoms with Crippen molar-refractivity contribution in [3.63, 3.8) is 0 Å². The van der Waals surface area contributed by atoms with Crippen LogP contribution in [0.5, 0.6) is 11.5 Å². The van der Waals surface area contributed by atoms with Crippen molar-refractivity contribution < 1.29 is 10.2 Å². The predicted octanol–water partition coefficient (Wildman–Crippen LogP) is 4.22. The largest absolute Gasteiger partial charge is 0.508 e. The zero-order chi connectivity index (χ0) is 13.5. The zero-order valence-corrected chi connectivity index (χ0v) is 11.1. The first-order valence-electron chi connectivity index (χ1n) is 6.05. The molecule has 0 spiro atoms. The average molecular weight is 244 g/mol. The lowest BCUT2D eigenvalue weighted by Gasteiger charge is -2.05. The summed E-state index contributed by atoms with van der Waals surface area (Å²) in [5, 5.41) is 18.2. The number of hydrogen-bond acceptors (Lipinski definition) is 2. The minimum absolute atomic E-state index is 0.368. The van der Waals surface area contributed by atoms with Crippen LogP contribution in [0.2, 0.25) is 0 Å². The number of hydrogen-bond donors (Lipinski definition) is 2. The van der Waals surface area contributed by atoms with E-state index in [9.17, 15) is 5.11 Å². The summed E-state index contributed by atoms with van der Waals surface area (Å²) < 4.78 is 0. The molecule has 2 N–H and O–H groups in total. The molecule has 96 valence electrons. The molecule has 2 nitrogen and oxygen atoms in total. The Morgan fingerprint density at radius 2 is 1.28 bits per heavy atom. The Kier molecular flexibility index (Phi) is 5.25. The van der Waals surface area contributed by atoms with Gasteiger partial charge in [-0.25, -0.2) is 0 Å². The van der Waals surface area contributed by atoms with Gasteiger partial charge in [-0.3, -0.25) is 0 Å². The van der Waals surface area contributed by atoms with E-state index in [1.54, 1.807) is 12.1 Å². The van der Waals surface area contributed by atoms with Gasteiger partial charge in [0.05, 0.1) is 0 Å². The molecule has 0 unspecified atom stereocenters. The van der Waals surface area contributed by atoms with Crippen LogP contribution in [0.3, 0.4) is 0 Å². The highest BCUT2D eigenvalue weighted by molar-refractivity contribution is 5.33. The molecule has 0 saturated heterocycles. The molecular weight excluding hydrogens is 224 g/mol. The van der Waals surface area contributed by atoms with Crippen LogP contribution in [0.15, 0.2) is 48.5 Å². The van der Waals surface area contributed by atoms with Crippen molar-refractivity contribution in [2.75, 3.05) is 0 Å². The lowest BCUT2D eigenvalue weighted by molar-refractivity contribution is 0.465. The van der Waals surface area contributed by atoms with Gasteiger partial charge in [0, 0.05) is 0 Å². The average Bonchev–Trinajstić information content (AvgIpc) is 2.34. The highest BCUT2D eigenvalue weighted by Crippen LogP contribution is 2.23. The molecule has 0 aliphatic heterocycles. The monoisotopic (exact) mass is 244 g/mol. The normalized spacial score (nSPS) is 9.78. The molecule has 2 aromatic rings. The number of phenolic OH excluding ortho intramolecular Hbond substituents is 2. The smallest absolute Gasteiger partial charge is 0.119 e. The fraction of sp³-hybridized carbons (Fsp3) is 0.250. The van der Waals surface area contributed by atoms with Crippen molar-refractivity contribution in [3.05, 3.63) is 59.7 Å². The van der Waals surface area contributed by atoms with E-state index in [-0.39, 0.29) is 0 Å². The van der Waals surface area contributed by atoms with Gasteiger partial charge >= 0.3 is 0 Å². The van der Waals surface area contributed by atoms with Gasteiger partial charge < -0.3 is 10.2 Å². The fourth-order valence-electron chi connectivity index (χ4n) is 1.54. The van der Waals surface area contributed by atoms with Crippen molar-refractivity contribution in [2.24, 2.45) is 0 Å². The SMILES string of the molecule is CC(C)c1ccccc1O.Cc1ccccc1O. The first kappa shape index (κ1) is 14.1. The zero-order valence-electron chi connectivity index (χ0n) is 11.1. The Morgan fingerprint density at radius 3 is 1.61 bits per heavy atom. The molecule has 0 aromatic heterocycles. The van der Waals surface area contributed by atoms with Crippen LogP contribution in [-0.2, 0) is 0 Å². The molecule has 0 radical (unpaired) electrons. The third-order valence-electron chi connectivity index (χ3n) is 2.67. The number of rotatable bonds is 1. The number of aromatic hydroxyl groups is 2. The summed E-state index contributed by atoms with van der Waals surface area (Å²) in [4.78, 5) is 0. The summed E-state index contributed by atoms with van der Waals surface area (Å²) >= 11 is 0. The van der Waals surface area contributed by atoms with E-state index in [0.717, 1.165) is 11.1 Å². The van der Waals surface area contributed by atoms with Gasteiger partial charge in [0.25, 0.3) is 0 Å². The summed E-state index contributed by atoms with van der Waals surface area (Å²) in [6.07, 6.45) is 0. The summed E-state index contributed by atoms with van der Waals surface area (Å²) in [5.74, 6) is 1.17. The molecule has 0 saturated carbocycles. The maximum absolute atomic E-state index is 9.28. The van der Waals surface area contributed by atoms with Gasteiger partial charge in [-0.15, -0.1) is 0 Å². The number of phenols is 2. The Bertz CT molecular complexity index is 469. The first-order chi connectivity index (χ1) is 8.52. The van der Waals surface area contributed by atoms with Crippen LogP contribution < -0.4 is 0 Å². The van der Waals surface area contributed by atoms with Crippen molar-refractivity contribution in [1.29, 1.82) is 0 Å². The third-order valence-corrected chi connectivity index (χ3v) is 2.67. The molecular formula is C16H20O2. The maximum Gasteiger partial charge on any atom is 0.119 e. The second-order valence-corrected chi connectivity index (χ2v) is 4.50. The number of para-hydroxylation sites is 2. The quantitative estimate of drug-likeness (QED) is 0.788. The molecule has 0 aliphatic carbocycles. The molecule has 18 heavy (non-hydrogen) atoms. The molecule has 0 amide bonds. The lowest BCUT2D eigenvalue weighted by atomic mass is 10.0. The second kappa shape index (κ2) is 6.70. The molecule has 0 heterocycles. The maximum atomic E-state index is 9.28. The minimum Gasteiger partial charge on any atom is -0.508 e. The van der Waals surface area contributed by atoms with Crippen molar-refractivity contribution in [2.45, 2.75) is 26.7 Å². The molecule has 0 atom stereocenters. The van der Waals surface area contributed by atoms with Crippen LogP contribution in [0, 0.1) is 6.92 Å². The Hall–Kier alpha value is -1.96. The number of aryl methyl sites for hydroxylation is 1. The van der Waals surface area contributed by atoms with Crippen molar-refractivity contribution in [3.8, 4) is 11.5 Å². The van der Waals surface area contributed by atoms with Gasteiger partial charge in [0.2, 0.25) is 0 Å². The van der Waals surface area contributed by atoms with Gasteiger partial charge in [0.1, 0.15) is 11.5 Å². The molecule has 2 aromatic carbocycles. The van der Waals surface area contributed by atoms with Crippen LogP contribution in [0.4, 0.5) is 0 Å². The fourth-order valence-corrected chi connectivity index (χ4v) is 1.54. The van der Waals surface area contributed by atoms with Gasteiger partial charge in [0.15, 0.2) is 0 Å². The topological polar surface area (TPSA) is 40.5 Å². The van der Waals surface area contributed by atoms with E-state index in [2.05, 4.69) is 13.8 Å². The van der Waals surface area contributed by atoms with Gasteiger partial charge in [-0.2, -0.15) is 0 Å². The van der Waals surface area contributed by atoms with Crippen molar-refractivity contribution >= 4 is 0 Å². The van der Waals surface area contributed by atoms with Crippen LogP contribution in [0.1, 0.15) is 30.9 Å². The number of benzene rings is 2. The van der Waals surface area contributed by atoms with E-state index in [1.165, 1.54) is 0 Å². The Morgan fingerprint density at radius 1 is 0.778 bits per heavy atom. The summed E-state index contributed by atoms with van der Waals surface area (Å²) in [5.41, 5.74) is 1.94. The Balaban J connectivity index is 0.000000184. The Labute approximate surface area is 109 Å². The molecule has 2 rings (SSSR count). The van der Waals surface area contributed by atoms with Crippen LogP contribution in [0.25, 0.3) is 0 Å². The highest BCUT2D eigenvalue weighted by atomic mass is 16.3. The van der Waals surface area contributed by atoms with E-state index in [4.69, 9.17) is 5.11 Å². The lowest BCUT2D eigenvalue weighted by Crippen LogP contribution is -1.85. The van der Waals surface area contributed by atoms with Crippen LogP contribution >= 0.6 is 0 Å². The van der Waals surface area contributed by atoms with Crippen LogP contribution in [-0.4, -0.2) is 10.2 Å². The molecule has 0 aliphatic rings. The van der Waals surface area contributed by atoms with Gasteiger partial charge in [-0.05, 0) is 36.1 Å². The molecule has 0 fully saturated rings. The standard InChI is InChI=1S/C9H12O.C7H8O/c1-7(2)8-5-3-4-6-9(8)10;1-6-4-2-3-5-7(6)8/h3-7,10H,1-2H3;2-5,8H,1H3. The van der Waals surface area contributed by atoms with E-state index in [0.29, 0.717) is 17.4 Å². The first-order valence-corrected chi connectivity index (χ1v) is 6.05.